The van der Waals surface area contributed by atoms with Crippen LogP contribution in [0.25, 0.3) is 0 Å². The SMILES string of the molecule is COc1cccc(S(=O)CC(=O)c2cc(F)ccc2F)c1. The Bertz CT molecular complexity index is 701. The monoisotopic (exact) mass is 310 g/mol. The summed E-state index contributed by atoms with van der Waals surface area (Å²) < 4.78 is 43.7. The molecule has 0 N–H and O–H groups in total. The molecule has 21 heavy (non-hydrogen) atoms. The number of ketones is 1. The maximum absolute atomic E-state index is 13.5. The van der Waals surface area contributed by atoms with Crippen LogP contribution in [0.1, 0.15) is 10.4 Å². The van der Waals surface area contributed by atoms with Crippen LogP contribution in [0.3, 0.4) is 0 Å². The minimum atomic E-state index is -1.66. The lowest BCUT2D eigenvalue weighted by Gasteiger charge is -2.05. The first-order valence-electron chi connectivity index (χ1n) is 6.02. The Hall–Kier alpha value is -2.08. The van der Waals surface area contributed by atoms with Crippen LogP contribution >= 0.6 is 0 Å². The molecule has 0 saturated carbocycles. The summed E-state index contributed by atoms with van der Waals surface area (Å²) in [4.78, 5) is 12.3. The molecule has 2 aromatic rings. The molecule has 1 atom stereocenters. The van der Waals surface area contributed by atoms with Crippen molar-refractivity contribution in [1.82, 2.24) is 0 Å². The van der Waals surface area contributed by atoms with Crippen molar-refractivity contribution in [3.63, 3.8) is 0 Å². The molecular weight excluding hydrogens is 298 g/mol. The summed E-state index contributed by atoms with van der Waals surface area (Å²) >= 11 is 0. The third-order valence-electron chi connectivity index (χ3n) is 2.80. The number of hydrogen-bond acceptors (Lipinski definition) is 3. The molecule has 0 aliphatic carbocycles. The summed E-state index contributed by atoms with van der Waals surface area (Å²) in [7, 11) is -0.192. The summed E-state index contributed by atoms with van der Waals surface area (Å²) in [5.74, 6) is -2.18. The third kappa shape index (κ3) is 3.72. The Balaban J connectivity index is 2.18. The smallest absolute Gasteiger partial charge is 0.178 e. The van der Waals surface area contributed by atoms with Crippen LogP contribution in [-0.2, 0) is 10.8 Å². The molecule has 3 nitrogen and oxygen atoms in total. The Morgan fingerprint density at radius 2 is 1.95 bits per heavy atom. The molecule has 0 aliphatic heterocycles. The van der Waals surface area contributed by atoms with Gasteiger partial charge in [0.15, 0.2) is 5.78 Å². The number of halogens is 2. The van der Waals surface area contributed by atoms with Gasteiger partial charge in [-0.3, -0.25) is 9.00 Å². The fourth-order valence-electron chi connectivity index (χ4n) is 1.73. The third-order valence-corrected chi connectivity index (χ3v) is 4.10. The van der Waals surface area contributed by atoms with Crippen molar-refractivity contribution >= 4 is 16.6 Å². The number of benzene rings is 2. The summed E-state index contributed by atoms with van der Waals surface area (Å²) in [6, 6.07) is 9.02. The summed E-state index contributed by atoms with van der Waals surface area (Å²) in [5.41, 5.74) is -0.397. The summed E-state index contributed by atoms with van der Waals surface area (Å²) in [5, 5.41) is 0. The summed E-state index contributed by atoms with van der Waals surface area (Å²) in [6.07, 6.45) is 0. The average molecular weight is 310 g/mol. The van der Waals surface area contributed by atoms with Gasteiger partial charge in [-0.2, -0.15) is 0 Å². The molecule has 2 rings (SSSR count). The van der Waals surface area contributed by atoms with Gasteiger partial charge in [0.25, 0.3) is 0 Å². The number of Topliss-reactive ketones (excluding diaryl/α,β-unsaturated/α-hetero) is 1. The van der Waals surface area contributed by atoms with E-state index in [1.54, 1.807) is 18.2 Å². The molecule has 0 aromatic heterocycles. The molecule has 0 bridgehead atoms. The van der Waals surface area contributed by atoms with Crippen LogP contribution < -0.4 is 4.74 Å². The lowest BCUT2D eigenvalue weighted by molar-refractivity contribution is 0.101. The van der Waals surface area contributed by atoms with E-state index in [1.165, 1.54) is 13.2 Å². The van der Waals surface area contributed by atoms with Gasteiger partial charge in [-0.25, -0.2) is 8.78 Å². The Morgan fingerprint density at radius 3 is 2.67 bits per heavy atom. The highest BCUT2D eigenvalue weighted by molar-refractivity contribution is 7.85. The number of carbonyl (C=O) groups is 1. The standard InChI is InChI=1S/C15H12F2O3S/c1-20-11-3-2-4-12(8-11)21(19)9-15(18)13-7-10(16)5-6-14(13)17/h2-8H,9H2,1H3. The number of hydrogen-bond donors (Lipinski definition) is 0. The van der Waals surface area contributed by atoms with Crippen molar-refractivity contribution in [2.24, 2.45) is 0 Å². The van der Waals surface area contributed by atoms with E-state index in [9.17, 15) is 17.8 Å². The van der Waals surface area contributed by atoms with Crippen LogP contribution in [0.15, 0.2) is 47.4 Å². The first-order chi connectivity index (χ1) is 10.0. The maximum Gasteiger partial charge on any atom is 0.178 e. The van der Waals surface area contributed by atoms with Gasteiger partial charge in [0.2, 0.25) is 0 Å². The first-order valence-corrected chi connectivity index (χ1v) is 7.34. The minimum Gasteiger partial charge on any atom is -0.497 e. The predicted octanol–water partition coefficient (Wildman–Crippen LogP) is 2.96. The highest BCUT2D eigenvalue weighted by Crippen LogP contribution is 2.17. The van der Waals surface area contributed by atoms with Crippen LogP contribution in [0.4, 0.5) is 8.78 Å². The van der Waals surface area contributed by atoms with Gasteiger partial charge in [-0.05, 0) is 36.4 Å². The topological polar surface area (TPSA) is 43.4 Å². The molecule has 0 heterocycles. The zero-order chi connectivity index (χ0) is 15.4. The molecule has 0 saturated heterocycles. The van der Waals surface area contributed by atoms with Crippen LogP contribution in [-0.4, -0.2) is 22.9 Å². The van der Waals surface area contributed by atoms with Gasteiger partial charge >= 0.3 is 0 Å². The van der Waals surface area contributed by atoms with E-state index in [0.717, 1.165) is 18.2 Å². The van der Waals surface area contributed by atoms with Crippen molar-refractivity contribution in [2.45, 2.75) is 4.90 Å². The molecule has 0 radical (unpaired) electrons. The van der Waals surface area contributed by atoms with E-state index in [4.69, 9.17) is 4.74 Å². The highest BCUT2D eigenvalue weighted by atomic mass is 32.2. The molecule has 0 spiro atoms. The normalized spacial score (nSPS) is 12.0. The molecule has 0 fully saturated rings. The fraction of sp³-hybridized carbons (Fsp3) is 0.133. The summed E-state index contributed by atoms with van der Waals surface area (Å²) in [6.45, 7) is 0. The highest BCUT2D eigenvalue weighted by Gasteiger charge is 2.17. The van der Waals surface area contributed by atoms with Gasteiger partial charge in [0, 0.05) is 4.90 Å². The van der Waals surface area contributed by atoms with E-state index in [2.05, 4.69) is 0 Å². The maximum atomic E-state index is 13.5. The predicted molar refractivity (Wildman–Crippen MR) is 75.0 cm³/mol. The second-order valence-corrected chi connectivity index (χ2v) is 5.67. The quantitative estimate of drug-likeness (QED) is 0.798. The molecule has 1 unspecified atom stereocenters. The van der Waals surface area contributed by atoms with Crippen LogP contribution in [0.5, 0.6) is 5.75 Å². The zero-order valence-corrected chi connectivity index (χ0v) is 12.0. The van der Waals surface area contributed by atoms with Crippen LogP contribution in [0, 0.1) is 11.6 Å². The number of rotatable bonds is 5. The Kier molecular flexibility index (Phi) is 4.80. The number of carbonyl (C=O) groups excluding carboxylic acids is 1. The van der Waals surface area contributed by atoms with Crippen molar-refractivity contribution in [3.05, 3.63) is 59.7 Å². The molecule has 110 valence electrons. The van der Waals surface area contributed by atoms with Gasteiger partial charge in [-0.1, -0.05) is 6.07 Å². The number of methoxy groups -OCH3 is 1. The van der Waals surface area contributed by atoms with Gasteiger partial charge < -0.3 is 4.74 Å². The van der Waals surface area contributed by atoms with Gasteiger partial charge in [0.05, 0.1) is 29.2 Å². The Labute approximate surface area is 123 Å². The molecule has 2 aromatic carbocycles. The Morgan fingerprint density at radius 1 is 1.19 bits per heavy atom. The van der Waals surface area contributed by atoms with Crippen molar-refractivity contribution in [3.8, 4) is 5.75 Å². The van der Waals surface area contributed by atoms with E-state index in [-0.39, 0.29) is 0 Å². The molecule has 6 heteroatoms. The van der Waals surface area contributed by atoms with Crippen LogP contribution in [0.2, 0.25) is 0 Å². The minimum absolute atomic E-state index is 0.388. The second-order valence-electron chi connectivity index (χ2n) is 4.22. The molecular formula is C15H12F2O3S. The van der Waals surface area contributed by atoms with Gasteiger partial charge in [-0.15, -0.1) is 0 Å². The zero-order valence-electron chi connectivity index (χ0n) is 11.1. The van der Waals surface area contributed by atoms with Gasteiger partial charge in [0.1, 0.15) is 17.4 Å². The lowest BCUT2D eigenvalue weighted by atomic mass is 10.1. The van der Waals surface area contributed by atoms with E-state index < -0.39 is 39.5 Å². The van der Waals surface area contributed by atoms with E-state index in [1.807, 2.05) is 0 Å². The number of ether oxygens (including phenoxy) is 1. The fourth-order valence-corrected chi connectivity index (χ4v) is 2.77. The van der Waals surface area contributed by atoms with Crippen molar-refractivity contribution in [1.29, 1.82) is 0 Å². The van der Waals surface area contributed by atoms with E-state index >= 15 is 0 Å². The molecule has 0 aliphatic rings. The average Bonchev–Trinajstić information content (AvgIpc) is 2.49. The molecule has 0 amide bonds. The lowest BCUT2D eigenvalue weighted by Crippen LogP contribution is -2.13. The second kappa shape index (κ2) is 6.58. The first kappa shape index (κ1) is 15.3. The van der Waals surface area contributed by atoms with Crippen molar-refractivity contribution < 1.29 is 22.5 Å². The largest absolute Gasteiger partial charge is 0.497 e. The van der Waals surface area contributed by atoms with E-state index in [0.29, 0.717) is 10.6 Å². The van der Waals surface area contributed by atoms with Crippen molar-refractivity contribution in [2.75, 3.05) is 12.9 Å².